The van der Waals surface area contributed by atoms with E-state index in [2.05, 4.69) is 36.1 Å². The summed E-state index contributed by atoms with van der Waals surface area (Å²) >= 11 is 7.05. The topological polar surface area (TPSA) is 29.3 Å². The number of hydrogen-bond acceptors (Lipinski definition) is 2. The average molecular weight is 252 g/mol. The molecule has 2 rings (SSSR count). The molecule has 0 bridgehead atoms. The Kier molecular flexibility index (Phi) is 3.71. The maximum atomic E-state index is 5.79. The normalized spacial score (nSPS) is 20.8. The van der Waals surface area contributed by atoms with E-state index in [-0.39, 0.29) is 0 Å². The standard InChI is InChI=1S/C12H16N2S2/c1-9-5-2-3-6-10(9)11-14(12(13)15)7-4-8-16-11/h2-3,5-6,11H,4,7-8H2,1H3,(H2,13,15). The van der Waals surface area contributed by atoms with Gasteiger partial charge in [0, 0.05) is 6.54 Å². The number of nitrogens with zero attached hydrogens (tertiary/aromatic N) is 1. The van der Waals surface area contributed by atoms with Crippen LogP contribution in [0.15, 0.2) is 24.3 Å². The van der Waals surface area contributed by atoms with Gasteiger partial charge in [0.15, 0.2) is 5.11 Å². The summed E-state index contributed by atoms with van der Waals surface area (Å²) in [7, 11) is 0. The molecule has 1 aliphatic heterocycles. The minimum absolute atomic E-state index is 0.299. The molecule has 0 aromatic heterocycles. The van der Waals surface area contributed by atoms with Crippen LogP contribution in [0.4, 0.5) is 0 Å². The van der Waals surface area contributed by atoms with Crippen LogP contribution in [0.2, 0.25) is 0 Å². The zero-order chi connectivity index (χ0) is 11.5. The number of hydrogen-bond donors (Lipinski definition) is 1. The van der Waals surface area contributed by atoms with E-state index in [0.29, 0.717) is 10.5 Å². The Morgan fingerprint density at radius 3 is 2.94 bits per heavy atom. The summed E-state index contributed by atoms with van der Waals surface area (Å²) in [5.41, 5.74) is 8.43. The third-order valence-corrected chi connectivity index (χ3v) is 4.42. The van der Waals surface area contributed by atoms with E-state index in [1.165, 1.54) is 16.9 Å². The van der Waals surface area contributed by atoms with Crippen LogP contribution in [0.25, 0.3) is 0 Å². The van der Waals surface area contributed by atoms with Crippen LogP contribution in [0.1, 0.15) is 22.9 Å². The summed E-state index contributed by atoms with van der Waals surface area (Å²) in [6.07, 6.45) is 1.16. The highest BCUT2D eigenvalue weighted by molar-refractivity contribution is 7.99. The summed E-state index contributed by atoms with van der Waals surface area (Å²) in [5, 5.41) is 0.813. The molecule has 2 nitrogen and oxygen atoms in total. The van der Waals surface area contributed by atoms with E-state index >= 15 is 0 Å². The van der Waals surface area contributed by atoms with E-state index in [0.717, 1.165) is 13.0 Å². The van der Waals surface area contributed by atoms with Crippen LogP contribution in [0, 0.1) is 6.92 Å². The van der Waals surface area contributed by atoms with Crippen LogP contribution in [0.3, 0.4) is 0 Å². The number of aryl methyl sites for hydroxylation is 1. The Labute approximate surface area is 106 Å². The van der Waals surface area contributed by atoms with Gasteiger partial charge < -0.3 is 10.6 Å². The van der Waals surface area contributed by atoms with Crippen LogP contribution < -0.4 is 5.73 Å². The molecule has 1 aliphatic rings. The summed E-state index contributed by atoms with van der Waals surface area (Å²) in [4.78, 5) is 2.13. The molecule has 1 aromatic rings. The largest absolute Gasteiger partial charge is 0.376 e. The van der Waals surface area contributed by atoms with E-state index in [1.54, 1.807) is 0 Å². The number of thioether (sulfide) groups is 1. The molecule has 86 valence electrons. The predicted octanol–water partition coefficient (Wildman–Crippen LogP) is 2.68. The summed E-state index contributed by atoms with van der Waals surface area (Å²) in [5.74, 6) is 1.18. The van der Waals surface area contributed by atoms with Crippen molar-refractivity contribution in [2.75, 3.05) is 12.3 Å². The molecular weight excluding hydrogens is 236 g/mol. The molecule has 1 aromatic carbocycles. The Hall–Kier alpha value is -0.740. The monoisotopic (exact) mass is 252 g/mol. The Bertz CT molecular complexity index is 392. The number of thiocarbonyl (C=S) groups is 1. The second-order valence-electron chi connectivity index (χ2n) is 3.96. The highest BCUT2D eigenvalue weighted by Gasteiger charge is 2.26. The van der Waals surface area contributed by atoms with Crippen molar-refractivity contribution in [3.05, 3.63) is 35.4 Å². The molecule has 1 unspecified atom stereocenters. The van der Waals surface area contributed by atoms with Gasteiger partial charge in [-0.15, -0.1) is 11.8 Å². The molecule has 1 heterocycles. The minimum atomic E-state index is 0.299. The first-order chi connectivity index (χ1) is 7.70. The third kappa shape index (κ3) is 2.33. The quantitative estimate of drug-likeness (QED) is 0.778. The molecule has 1 saturated heterocycles. The van der Waals surface area contributed by atoms with Crippen LogP contribution in [-0.4, -0.2) is 22.3 Å². The fourth-order valence-corrected chi connectivity index (χ4v) is 3.61. The molecular formula is C12H16N2S2. The van der Waals surface area contributed by atoms with Crippen LogP contribution >= 0.6 is 24.0 Å². The maximum absolute atomic E-state index is 5.79. The molecule has 0 radical (unpaired) electrons. The lowest BCUT2D eigenvalue weighted by molar-refractivity contribution is 0.392. The first kappa shape index (κ1) is 11.7. The smallest absolute Gasteiger partial charge is 0.167 e. The van der Waals surface area contributed by atoms with Crippen molar-refractivity contribution in [2.24, 2.45) is 5.73 Å². The minimum Gasteiger partial charge on any atom is -0.376 e. The number of rotatable bonds is 1. The highest BCUT2D eigenvalue weighted by Crippen LogP contribution is 2.37. The van der Waals surface area contributed by atoms with E-state index in [4.69, 9.17) is 18.0 Å². The SMILES string of the molecule is Cc1ccccc1C1SCCCN1C(N)=S. The maximum Gasteiger partial charge on any atom is 0.167 e. The Balaban J connectivity index is 2.30. The van der Waals surface area contributed by atoms with Gasteiger partial charge in [0.25, 0.3) is 0 Å². The van der Waals surface area contributed by atoms with Gasteiger partial charge in [-0.05, 0) is 42.4 Å². The van der Waals surface area contributed by atoms with Gasteiger partial charge in [-0.2, -0.15) is 0 Å². The van der Waals surface area contributed by atoms with Crippen LogP contribution in [0.5, 0.6) is 0 Å². The fraction of sp³-hybridized carbons (Fsp3) is 0.417. The third-order valence-electron chi connectivity index (χ3n) is 2.84. The Morgan fingerprint density at radius 1 is 1.50 bits per heavy atom. The fourth-order valence-electron chi connectivity index (χ4n) is 1.98. The molecule has 2 N–H and O–H groups in total. The van der Waals surface area contributed by atoms with E-state index in [9.17, 15) is 0 Å². The molecule has 0 saturated carbocycles. The van der Waals surface area contributed by atoms with Gasteiger partial charge in [-0.25, -0.2) is 0 Å². The zero-order valence-electron chi connectivity index (χ0n) is 9.35. The molecule has 1 atom stereocenters. The second-order valence-corrected chi connectivity index (χ2v) is 5.57. The molecule has 4 heteroatoms. The predicted molar refractivity (Wildman–Crippen MR) is 74.5 cm³/mol. The van der Waals surface area contributed by atoms with Crippen LogP contribution in [-0.2, 0) is 0 Å². The van der Waals surface area contributed by atoms with Gasteiger partial charge in [-0.1, -0.05) is 24.3 Å². The summed E-state index contributed by atoms with van der Waals surface area (Å²) in [6, 6.07) is 8.46. The van der Waals surface area contributed by atoms with Crippen molar-refractivity contribution in [1.82, 2.24) is 4.90 Å². The first-order valence-corrected chi connectivity index (χ1v) is 6.89. The van der Waals surface area contributed by atoms with Gasteiger partial charge in [-0.3, -0.25) is 0 Å². The van der Waals surface area contributed by atoms with Crippen molar-refractivity contribution in [3.8, 4) is 0 Å². The van der Waals surface area contributed by atoms with E-state index in [1.807, 2.05) is 11.8 Å². The summed E-state index contributed by atoms with van der Waals surface area (Å²) < 4.78 is 0. The molecule has 1 fully saturated rings. The van der Waals surface area contributed by atoms with Gasteiger partial charge in [0.2, 0.25) is 0 Å². The average Bonchev–Trinajstić information content (AvgIpc) is 2.29. The highest BCUT2D eigenvalue weighted by atomic mass is 32.2. The lowest BCUT2D eigenvalue weighted by Crippen LogP contribution is -2.40. The summed E-state index contributed by atoms with van der Waals surface area (Å²) in [6.45, 7) is 3.11. The van der Waals surface area contributed by atoms with Crippen molar-refractivity contribution < 1.29 is 0 Å². The van der Waals surface area contributed by atoms with Gasteiger partial charge in [0.1, 0.15) is 5.37 Å². The molecule has 0 spiro atoms. The molecule has 0 amide bonds. The molecule has 16 heavy (non-hydrogen) atoms. The second kappa shape index (κ2) is 5.06. The van der Waals surface area contributed by atoms with Gasteiger partial charge >= 0.3 is 0 Å². The zero-order valence-corrected chi connectivity index (χ0v) is 11.0. The van der Waals surface area contributed by atoms with Gasteiger partial charge in [0.05, 0.1) is 0 Å². The lowest BCUT2D eigenvalue weighted by Gasteiger charge is -2.36. The van der Waals surface area contributed by atoms with E-state index < -0.39 is 0 Å². The van der Waals surface area contributed by atoms with Crippen molar-refractivity contribution in [1.29, 1.82) is 0 Å². The van der Waals surface area contributed by atoms with Crippen molar-refractivity contribution >= 4 is 29.1 Å². The number of nitrogens with two attached hydrogens (primary N) is 1. The number of benzene rings is 1. The molecule has 0 aliphatic carbocycles. The lowest BCUT2D eigenvalue weighted by atomic mass is 10.1. The first-order valence-electron chi connectivity index (χ1n) is 5.43. The van der Waals surface area contributed by atoms with Crippen molar-refractivity contribution in [3.63, 3.8) is 0 Å². The van der Waals surface area contributed by atoms with Crippen molar-refractivity contribution in [2.45, 2.75) is 18.7 Å². The Morgan fingerprint density at radius 2 is 2.25 bits per heavy atom.